The predicted molar refractivity (Wildman–Crippen MR) is 93.7 cm³/mol. The summed E-state index contributed by atoms with van der Waals surface area (Å²) in [5, 5.41) is 8.06. The van der Waals surface area contributed by atoms with Crippen LogP contribution < -0.4 is 16.0 Å². The van der Waals surface area contributed by atoms with Gasteiger partial charge in [0.2, 0.25) is 18.2 Å². The van der Waals surface area contributed by atoms with Crippen LogP contribution in [0.3, 0.4) is 0 Å². The number of nitrogens with one attached hydrogen (secondary N) is 3. The predicted octanol–water partition coefficient (Wildman–Crippen LogP) is 1.32. The molecule has 0 bridgehead atoms. The summed E-state index contributed by atoms with van der Waals surface area (Å²) in [6.45, 7) is 16.7. The molecule has 0 rings (SSSR count). The third-order valence-corrected chi connectivity index (χ3v) is 3.14. The Morgan fingerprint density at radius 2 is 1.65 bits per heavy atom. The number of rotatable bonds is 10. The molecule has 0 saturated carbocycles. The summed E-state index contributed by atoms with van der Waals surface area (Å²) >= 11 is 0. The Morgan fingerprint density at radius 3 is 2.04 bits per heavy atom. The highest BCUT2D eigenvalue weighted by atomic mass is 16.2. The number of allylic oxidation sites excluding steroid dienone is 1. The zero-order valence-electron chi connectivity index (χ0n) is 14.4. The largest absolute Gasteiger partial charge is 0.358 e. The van der Waals surface area contributed by atoms with Crippen molar-refractivity contribution in [3.8, 4) is 0 Å². The van der Waals surface area contributed by atoms with E-state index in [0.717, 1.165) is 0 Å². The first kappa shape index (κ1) is 22.9. The summed E-state index contributed by atoms with van der Waals surface area (Å²) in [6, 6.07) is 0. The highest BCUT2D eigenvalue weighted by molar-refractivity contribution is 5.92. The van der Waals surface area contributed by atoms with Crippen LogP contribution >= 0.6 is 0 Å². The number of hydrogen-bond acceptors (Lipinski definition) is 3. The summed E-state index contributed by atoms with van der Waals surface area (Å²) in [5.74, 6) is -0.538. The maximum Gasteiger partial charge on any atom is 0.246 e. The van der Waals surface area contributed by atoms with Gasteiger partial charge >= 0.3 is 0 Å². The van der Waals surface area contributed by atoms with Crippen LogP contribution in [0, 0.1) is 5.41 Å². The van der Waals surface area contributed by atoms with Crippen LogP contribution in [0.4, 0.5) is 0 Å². The molecular formula is C17H29N3O3. The molecule has 3 amide bonds. The molecule has 23 heavy (non-hydrogen) atoms. The van der Waals surface area contributed by atoms with Gasteiger partial charge in [-0.2, -0.15) is 0 Å². The van der Waals surface area contributed by atoms with Gasteiger partial charge in [0.25, 0.3) is 0 Å². The van der Waals surface area contributed by atoms with E-state index in [1.165, 1.54) is 6.08 Å². The first-order valence-corrected chi connectivity index (χ1v) is 7.40. The standard InChI is InChI=1S/C14H23N3O3.C3H6/c1-5-12(19)16-8-14(6-2,7-15-10-18)9-17-13(20)11(3)4;1-3-2/h5,10H,1,3,6-9H2,2,4H3,(H,15,18)(H,16,19)(H,17,20);3H,1H2,2H3. The van der Waals surface area contributed by atoms with Crippen molar-refractivity contribution in [1.29, 1.82) is 0 Å². The first-order valence-electron chi connectivity index (χ1n) is 7.40. The van der Waals surface area contributed by atoms with Crippen molar-refractivity contribution in [3.63, 3.8) is 0 Å². The Bertz CT molecular complexity index is 433. The highest BCUT2D eigenvalue weighted by Crippen LogP contribution is 2.19. The van der Waals surface area contributed by atoms with Crippen molar-refractivity contribution in [2.75, 3.05) is 19.6 Å². The maximum atomic E-state index is 11.6. The Kier molecular flexibility index (Phi) is 13.2. The molecule has 0 radical (unpaired) electrons. The van der Waals surface area contributed by atoms with Gasteiger partial charge in [-0.25, -0.2) is 0 Å². The summed E-state index contributed by atoms with van der Waals surface area (Å²) in [5.41, 5.74) is -0.0431. The lowest BCUT2D eigenvalue weighted by atomic mass is 9.84. The van der Waals surface area contributed by atoms with Gasteiger partial charge in [0.15, 0.2) is 0 Å². The molecule has 0 aliphatic carbocycles. The normalized spacial score (nSPS) is 11.6. The highest BCUT2D eigenvalue weighted by Gasteiger charge is 2.29. The fraction of sp³-hybridized carbons (Fsp3) is 0.471. The Morgan fingerprint density at radius 1 is 1.13 bits per heavy atom. The quantitative estimate of drug-likeness (QED) is 0.322. The molecule has 6 heteroatoms. The van der Waals surface area contributed by atoms with Crippen LogP contribution in [0.5, 0.6) is 0 Å². The van der Waals surface area contributed by atoms with Gasteiger partial charge in [0.05, 0.1) is 0 Å². The van der Waals surface area contributed by atoms with Crippen molar-refractivity contribution in [3.05, 3.63) is 37.5 Å². The fourth-order valence-electron chi connectivity index (χ4n) is 1.59. The third kappa shape index (κ3) is 10.9. The van der Waals surface area contributed by atoms with Crippen LogP contribution in [0.2, 0.25) is 0 Å². The van der Waals surface area contributed by atoms with E-state index in [4.69, 9.17) is 0 Å². The lowest BCUT2D eigenvalue weighted by Gasteiger charge is -2.32. The van der Waals surface area contributed by atoms with E-state index in [1.807, 2.05) is 13.8 Å². The minimum absolute atomic E-state index is 0.246. The van der Waals surface area contributed by atoms with E-state index < -0.39 is 5.41 Å². The molecule has 0 aromatic carbocycles. The van der Waals surface area contributed by atoms with Gasteiger partial charge in [-0.15, -0.1) is 6.58 Å². The van der Waals surface area contributed by atoms with Crippen LogP contribution in [0.25, 0.3) is 0 Å². The molecule has 6 nitrogen and oxygen atoms in total. The van der Waals surface area contributed by atoms with Crippen molar-refractivity contribution < 1.29 is 14.4 Å². The molecule has 0 aromatic heterocycles. The molecular weight excluding hydrogens is 294 g/mol. The second kappa shape index (κ2) is 13.3. The average molecular weight is 323 g/mol. The number of hydrogen-bond donors (Lipinski definition) is 3. The smallest absolute Gasteiger partial charge is 0.246 e. The van der Waals surface area contributed by atoms with E-state index >= 15 is 0 Å². The molecule has 0 fully saturated rings. The average Bonchev–Trinajstić information content (AvgIpc) is 2.54. The number of carbonyl (C=O) groups excluding carboxylic acids is 3. The molecule has 0 aromatic rings. The van der Waals surface area contributed by atoms with Crippen LogP contribution in [-0.2, 0) is 14.4 Å². The van der Waals surface area contributed by atoms with E-state index in [0.29, 0.717) is 38.0 Å². The molecule has 3 N–H and O–H groups in total. The summed E-state index contributed by atoms with van der Waals surface area (Å²) in [7, 11) is 0. The van der Waals surface area contributed by atoms with Crippen molar-refractivity contribution in [1.82, 2.24) is 16.0 Å². The summed E-state index contributed by atoms with van der Waals surface area (Å²) in [6.07, 6.45) is 4.20. The lowest BCUT2D eigenvalue weighted by molar-refractivity contribution is -0.117. The SMILES string of the molecule is C=CC.C=CC(=O)NCC(CC)(CNC=O)CNC(=O)C(=C)C. The minimum atomic E-state index is -0.454. The van der Waals surface area contributed by atoms with Crippen LogP contribution in [0.15, 0.2) is 37.5 Å². The molecule has 0 saturated heterocycles. The zero-order valence-corrected chi connectivity index (χ0v) is 14.4. The summed E-state index contributed by atoms with van der Waals surface area (Å²) < 4.78 is 0. The van der Waals surface area contributed by atoms with Crippen LogP contribution in [-0.4, -0.2) is 37.9 Å². The van der Waals surface area contributed by atoms with Crippen molar-refractivity contribution in [2.45, 2.75) is 27.2 Å². The van der Waals surface area contributed by atoms with Crippen LogP contribution in [0.1, 0.15) is 27.2 Å². The maximum absolute atomic E-state index is 11.6. The number of carbonyl (C=O) groups is 3. The molecule has 1 atom stereocenters. The molecule has 1 unspecified atom stereocenters. The summed E-state index contributed by atoms with van der Waals surface area (Å²) in [4.78, 5) is 33.3. The fourth-order valence-corrected chi connectivity index (χ4v) is 1.59. The molecule has 0 aliphatic rings. The Hall–Kier alpha value is -2.37. The van der Waals surface area contributed by atoms with Crippen molar-refractivity contribution in [2.24, 2.45) is 5.41 Å². The topological polar surface area (TPSA) is 87.3 Å². The number of amides is 3. The van der Waals surface area contributed by atoms with Gasteiger partial charge in [0.1, 0.15) is 0 Å². The Balaban J connectivity index is 0. The van der Waals surface area contributed by atoms with Crippen molar-refractivity contribution >= 4 is 18.2 Å². The van der Waals surface area contributed by atoms with E-state index in [-0.39, 0.29) is 11.8 Å². The van der Waals surface area contributed by atoms with Gasteiger partial charge in [-0.05, 0) is 26.3 Å². The molecule has 0 heterocycles. The first-order chi connectivity index (χ1) is 10.8. The second-order valence-electron chi connectivity index (χ2n) is 5.15. The third-order valence-electron chi connectivity index (χ3n) is 3.14. The second-order valence-corrected chi connectivity index (χ2v) is 5.15. The monoisotopic (exact) mass is 323 g/mol. The minimum Gasteiger partial charge on any atom is -0.358 e. The van der Waals surface area contributed by atoms with E-state index in [9.17, 15) is 14.4 Å². The van der Waals surface area contributed by atoms with Gasteiger partial charge in [0, 0.05) is 30.6 Å². The van der Waals surface area contributed by atoms with Gasteiger partial charge in [-0.1, -0.05) is 26.2 Å². The van der Waals surface area contributed by atoms with E-state index in [2.05, 4.69) is 35.7 Å². The lowest BCUT2D eigenvalue weighted by Crippen LogP contribution is -2.50. The molecule has 0 aliphatic heterocycles. The zero-order chi connectivity index (χ0) is 18.3. The van der Waals surface area contributed by atoms with E-state index in [1.54, 1.807) is 13.0 Å². The molecule has 130 valence electrons. The Labute approximate surface area is 139 Å². The molecule has 0 spiro atoms. The van der Waals surface area contributed by atoms with Gasteiger partial charge < -0.3 is 16.0 Å². The van der Waals surface area contributed by atoms with Gasteiger partial charge in [-0.3, -0.25) is 14.4 Å².